The van der Waals surface area contributed by atoms with Crippen molar-refractivity contribution in [1.82, 2.24) is 10.2 Å². The molecule has 0 spiro atoms. The van der Waals surface area contributed by atoms with Crippen LogP contribution in [0.5, 0.6) is 0 Å². The summed E-state index contributed by atoms with van der Waals surface area (Å²) >= 11 is 5.85. The maximum atomic E-state index is 12.6. The molecule has 1 aliphatic rings. The molecule has 1 amide bonds. The minimum Gasteiger partial charge on any atom is -0.366 e. The molecule has 1 aliphatic heterocycles. The molecule has 0 saturated carbocycles. The van der Waals surface area contributed by atoms with Gasteiger partial charge in [-0.2, -0.15) is 13.2 Å². The van der Waals surface area contributed by atoms with Crippen LogP contribution in [-0.2, 0) is 16.1 Å². The van der Waals surface area contributed by atoms with E-state index in [1.807, 2.05) is 6.07 Å². The number of hydrogen-bond donors (Lipinski definition) is 1. The molecule has 0 aromatic heterocycles. The molecule has 1 aromatic rings. The van der Waals surface area contributed by atoms with Crippen molar-refractivity contribution < 1.29 is 22.7 Å². The zero-order chi connectivity index (χ0) is 16.9. The number of ether oxygens (including phenoxy) is 1. The van der Waals surface area contributed by atoms with E-state index in [0.29, 0.717) is 18.1 Å². The van der Waals surface area contributed by atoms with Crippen molar-refractivity contribution in [3.8, 4) is 0 Å². The van der Waals surface area contributed by atoms with Gasteiger partial charge in [-0.15, -0.1) is 0 Å². The van der Waals surface area contributed by atoms with Gasteiger partial charge in [-0.3, -0.25) is 9.69 Å². The average Bonchev–Trinajstić information content (AvgIpc) is 2.50. The van der Waals surface area contributed by atoms with Crippen molar-refractivity contribution in [3.05, 3.63) is 34.9 Å². The van der Waals surface area contributed by atoms with Crippen LogP contribution in [0.1, 0.15) is 12.0 Å². The molecule has 2 rings (SSSR count). The lowest BCUT2D eigenvalue weighted by Gasteiger charge is -2.33. The fourth-order valence-corrected chi connectivity index (χ4v) is 2.51. The summed E-state index contributed by atoms with van der Waals surface area (Å²) in [6.45, 7) is 0.804. The van der Waals surface area contributed by atoms with E-state index >= 15 is 0 Å². The first-order valence-corrected chi connectivity index (χ1v) is 7.64. The molecule has 1 N–H and O–H groups in total. The molecule has 0 aliphatic carbocycles. The maximum absolute atomic E-state index is 12.6. The first-order chi connectivity index (χ1) is 10.8. The van der Waals surface area contributed by atoms with Gasteiger partial charge in [0.1, 0.15) is 0 Å². The fourth-order valence-electron chi connectivity index (χ4n) is 2.30. The third-order valence-electron chi connectivity index (χ3n) is 3.55. The van der Waals surface area contributed by atoms with Gasteiger partial charge in [0, 0.05) is 37.6 Å². The number of alkyl halides is 3. The Balaban J connectivity index is 1.72. The summed E-state index contributed by atoms with van der Waals surface area (Å²) in [6.07, 6.45) is -6.00. The summed E-state index contributed by atoms with van der Waals surface area (Å²) in [4.78, 5) is 13.4. The van der Waals surface area contributed by atoms with Gasteiger partial charge in [0.05, 0.1) is 6.61 Å². The number of rotatable bonds is 5. The van der Waals surface area contributed by atoms with E-state index in [1.54, 1.807) is 23.1 Å². The molecule has 1 fully saturated rings. The smallest absolute Gasteiger partial charge is 0.366 e. The van der Waals surface area contributed by atoms with Crippen LogP contribution in [0.4, 0.5) is 13.2 Å². The number of carbonyl (C=O) groups is 1. The van der Waals surface area contributed by atoms with Crippen molar-refractivity contribution in [2.24, 2.45) is 0 Å². The molecule has 128 valence electrons. The van der Waals surface area contributed by atoms with Crippen molar-refractivity contribution in [2.45, 2.75) is 25.2 Å². The molecule has 1 saturated heterocycles. The molecule has 4 nitrogen and oxygen atoms in total. The van der Waals surface area contributed by atoms with E-state index in [1.165, 1.54) is 0 Å². The molecule has 0 unspecified atom stereocenters. The minimum atomic E-state index is -4.37. The summed E-state index contributed by atoms with van der Waals surface area (Å²) in [6, 6.07) is 7.11. The van der Waals surface area contributed by atoms with Crippen LogP contribution in [-0.4, -0.2) is 49.3 Å². The van der Waals surface area contributed by atoms with Crippen LogP contribution >= 0.6 is 11.6 Å². The second kappa shape index (κ2) is 7.99. The van der Waals surface area contributed by atoms with E-state index in [0.717, 1.165) is 5.56 Å². The van der Waals surface area contributed by atoms with Crippen LogP contribution in [0, 0.1) is 0 Å². The highest BCUT2D eigenvalue weighted by Crippen LogP contribution is 2.25. The van der Waals surface area contributed by atoms with E-state index in [9.17, 15) is 18.0 Å². The van der Waals surface area contributed by atoms with Crippen molar-refractivity contribution in [1.29, 1.82) is 0 Å². The average molecular weight is 351 g/mol. The Morgan fingerprint density at radius 1 is 1.43 bits per heavy atom. The molecule has 0 bridgehead atoms. The predicted octanol–water partition coefficient (Wildman–Crippen LogP) is 2.61. The molecule has 8 heteroatoms. The number of nitrogens with one attached hydrogen (secondary N) is 1. The predicted molar refractivity (Wildman–Crippen MR) is 80.2 cm³/mol. The zero-order valence-electron chi connectivity index (χ0n) is 12.4. The summed E-state index contributed by atoms with van der Waals surface area (Å²) in [5, 5.41) is 3.32. The topological polar surface area (TPSA) is 41.6 Å². The number of morpholine rings is 1. The Kier molecular flexibility index (Phi) is 6.26. The number of amides is 1. The summed E-state index contributed by atoms with van der Waals surface area (Å²) in [7, 11) is 0. The first kappa shape index (κ1) is 18.0. The highest BCUT2D eigenvalue weighted by atomic mass is 35.5. The Labute approximate surface area is 137 Å². The fraction of sp³-hybridized carbons (Fsp3) is 0.533. The van der Waals surface area contributed by atoms with Crippen LogP contribution < -0.4 is 5.32 Å². The Morgan fingerprint density at radius 2 is 2.22 bits per heavy atom. The summed E-state index contributed by atoms with van der Waals surface area (Å²) in [5.41, 5.74) is 0.870. The summed E-state index contributed by atoms with van der Waals surface area (Å²) < 4.78 is 42.6. The molecular weight excluding hydrogens is 333 g/mol. The van der Waals surface area contributed by atoms with Gasteiger partial charge in [0.2, 0.25) is 5.91 Å². The number of halogens is 4. The minimum absolute atomic E-state index is 0.0221. The van der Waals surface area contributed by atoms with E-state index < -0.39 is 12.3 Å². The van der Waals surface area contributed by atoms with Crippen LogP contribution in [0.2, 0.25) is 5.02 Å². The number of carbonyl (C=O) groups excluding carboxylic acids is 1. The second-order valence-electron chi connectivity index (χ2n) is 5.36. The Bertz CT molecular complexity index is 540. The SMILES string of the molecule is O=C(CCN1CCO[C@@H](C(F)(F)F)C1)NCc1cccc(Cl)c1. The molecule has 1 atom stereocenters. The Hall–Kier alpha value is -1.31. The van der Waals surface area contributed by atoms with Crippen LogP contribution in [0.3, 0.4) is 0 Å². The second-order valence-corrected chi connectivity index (χ2v) is 5.79. The van der Waals surface area contributed by atoms with Gasteiger partial charge in [0.15, 0.2) is 6.10 Å². The Morgan fingerprint density at radius 3 is 2.91 bits per heavy atom. The molecule has 1 heterocycles. The van der Waals surface area contributed by atoms with E-state index in [4.69, 9.17) is 16.3 Å². The molecule has 1 aromatic carbocycles. The highest BCUT2D eigenvalue weighted by molar-refractivity contribution is 6.30. The van der Waals surface area contributed by atoms with Crippen LogP contribution in [0.25, 0.3) is 0 Å². The van der Waals surface area contributed by atoms with Gasteiger partial charge in [-0.1, -0.05) is 23.7 Å². The van der Waals surface area contributed by atoms with Crippen molar-refractivity contribution >= 4 is 17.5 Å². The van der Waals surface area contributed by atoms with Crippen LogP contribution in [0.15, 0.2) is 24.3 Å². The lowest BCUT2D eigenvalue weighted by molar-refractivity contribution is -0.237. The lowest BCUT2D eigenvalue weighted by atomic mass is 10.2. The molecular formula is C15H18ClF3N2O2. The van der Waals surface area contributed by atoms with Crippen molar-refractivity contribution in [2.75, 3.05) is 26.2 Å². The largest absolute Gasteiger partial charge is 0.415 e. The van der Waals surface area contributed by atoms with E-state index in [2.05, 4.69) is 5.32 Å². The van der Waals surface area contributed by atoms with Gasteiger partial charge in [-0.05, 0) is 17.7 Å². The third-order valence-corrected chi connectivity index (χ3v) is 3.78. The maximum Gasteiger partial charge on any atom is 0.415 e. The number of benzene rings is 1. The molecule has 23 heavy (non-hydrogen) atoms. The zero-order valence-corrected chi connectivity index (χ0v) is 13.2. The number of hydrogen-bond acceptors (Lipinski definition) is 3. The third kappa shape index (κ3) is 6.01. The standard InChI is InChI=1S/C15H18ClF3N2O2/c16-12-3-1-2-11(8-12)9-20-14(22)4-5-21-6-7-23-13(10-21)15(17,18)19/h1-3,8,13H,4-7,9-10H2,(H,20,22)/t13-/m1/s1. The van der Waals surface area contributed by atoms with E-state index in [-0.39, 0.29) is 32.0 Å². The van der Waals surface area contributed by atoms with Gasteiger partial charge in [-0.25, -0.2) is 0 Å². The number of nitrogens with zero attached hydrogens (tertiary/aromatic N) is 1. The van der Waals surface area contributed by atoms with Crippen molar-refractivity contribution in [3.63, 3.8) is 0 Å². The summed E-state index contributed by atoms with van der Waals surface area (Å²) in [5.74, 6) is -0.208. The highest BCUT2D eigenvalue weighted by Gasteiger charge is 2.43. The first-order valence-electron chi connectivity index (χ1n) is 7.26. The van der Waals surface area contributed by atoms with Gasteiger partial charge in [0.25, 0.3) is 0 Å². The normalized spacial score (nSPS) is 19.6. The lowest BCUT2D eigenvalue weighted by Crippen LogP contribution is -2.49. The monoisotopic (exact) mass is 350 g/mol. The quantitative estimate of drug-likeness (QED) is 0.887. The molecule has 0 radical (unpaired) electrons. The van der Waals surface area contributed by atoms with Gasteiger partial charge >= 0.3 is 6.18 Å². The van der Waals surface area contributed by atoms with Gasteiger partial charge < -0.3 is 10.1 Å².